The van der Waals surface area contributed by atoms with E-state index >= 15 is 0 Å². The number of rotatable bonds is 5. The van der Waals surface area contributed by atoms with Gasteiger partial charge in [-0.15, -0.1) is 0 Å². The molecule has 0 aromatic carbocycles. The first-order valence-electron chi connectivity index (χ1n) is 5.88. The van der Waals surface area contributed by atoms with Gasteiger partial charge in [0.1, 0.15) is 5.69 Å². The summed E-state index contributed by atoms with van der Waals surface area (Å²) in [6.45, 7) is 0.561. The predicted molar refractivity (Wildman–Crippen MR) is 72.6 cm³/mol. The van der Waals surface area contributed by atoms with Crippen molar-refractivity contribution in [3.8, 4) is 0 Å². The highest BCUT2D eigenvalue weighted by Gasteiger charge is 2.09. The Balaban J connectivity index is 1.73. The first kappa shape index (κ1) is 14.1. The Morgan fingerprint density at radius 1 is 1.20 bits per heavy atom. The molecule has 2 aromatic heterocycles. The molecule has 7 heteroatoms. The molecule has 0 saturated carbocycles. The van der Waals surface area contributed by atoms with Crippen LogP contribution in [0.15, 0.2) is 41.1 Å². The van der Waals surface area contributed by atoms with Gasteiger partial charge in [0.05, 0.1) is 6.26 Å². The molecule has 0 saturated heterocycles. The summed E-state index contributed by atoms with van der Waals surface area (Å²) in [6.07, 6.45) is 2.87. The van der Waals surface area contributed by atoms with Crippen molar-refractivity contribution in [2.75, 3.05) is 13.1 Å². The molecule has 2 heterocycles. The van der Waals surface area contributed by atoms with E-state index in [-0.39, 0.29) is 36.4 Å². The summed E-state index contributed by atoms with van der Waals surface area (Å²) in [6, 6.07) is 6.24. The second kappa shape index (κ2) is 6.72. The molecule has 104 valence electrons. The summed E-state index contributed by atoms with van der Waals surface area (Å²) in [5.74, 6) is -0.447. The highest BCUT2D eigenvalue weighted by molar-refractivity contribution is 6.30. The van der Waals surface area contributed by atoms with Gasteiger partial charge in [-0.1, -0.05) is 11.6 Å². The number of carbonyl (C=O) groups is 2. The lowest BCUT2D eigenvalue weighted by atomic mass is 10.3. The van der Waals surface area contributed by atoms with E-state index in [2.05, 4.69) is 15.6 Å². The molecule has 0 bridgehead atoms. The number of carbonyl (C=O) groups excluding carboxylic acids is 2. The third kappa shape index (κ3) is 3.83. The zero-order valence-electron chi connectivity index (χ0n) is 10.4. The largest absolute Gasteiger partial charge is 0.459 e. The van der Waals surface area contributed by atoms with E-state index in [1.807, 2.05) is 0 Å². The second-order valence-electron chi connectivity index (χ2n) is 3.85. The molecule has 20 heavy (non-hydrogen) atoms. The molecule has 0 aliphatic carbocycles. The average molecular weight is 294 g/mol. The zero-order valence-corrected chi connectivity index (χ0v) is 11.2. The van der Waals surface area contributed by atoms with E-state index in [1.165, 1.54) is 18.5 Å². The summed E-state index contributed by atoms with van der Waals surface area (Å²) < 4.78 is 4.93. The fourth-order valence-electron chi connectivity index (χ4n) is 1.47. The number of nitrogens with zero attached hydrogens (tertiary/aromatic N) is 1. The lowest BCUT2D eigenvalue weighted by molar-refractivity contribution is 0.0909. The van der Waals surface area contributed by atoms with Gasteiger partial charge >= 0.3 is 0 Å². The number of aromatic nitrogens is 1. The average Bonchev–Trinajstić information content (AvgIpc) is 2.97. The summed E-state index contributed by atoms with van der Waals surface area (Å²) >= 11 is 5.76. The molecular weight excluding hydrogens is 282 g/mol. The van der Waals surface area contributed by atoms with Crippen molar-refractivity contribution in [1.29, 1.82) is 0 Å². The number of halogens is 1. The Morgan fingerprint density at radius 2 is 1.95 bits per heavy atom. The smallest absolute Gasteiger partial charge is 0.287 e. The topological polar surface area (TPSA) is 84.2 Å². The molecule has 0 unspecified atom stereocenters. The van der Waals surface area contributed by atoms with Crippen LogP contribution in [0.2, 0.25) is 5.02 Å². The molecule has 0 radical (unpaired) electrons. The van der Waals surface area contributed by atoms with Crippen molar-refractivity contribution < 1.29 is 14.0 Å². The van der Waals surface area contributed by atoms with E-state index < -0.39 is 0 Å². The zero-order chi connectivity index (χ0) is 14.4. The van der Waals surface area contributed by atoms with Gasteiger partial charge in [0, 0.05) is 24.3 Å². The van der Waals surface area contributed by atoms with E-state index in [4.69, 9.17) is 16.0 Å². The van der Waals surface area contributed by atoms with Gasteiger partial charge in [0.2, 0.25) is 0 Å². The fourth-order valence-corrected chi connectivity index (χ4v) is 1.63. The minimum absolute atomic E-state index is 0.229. The molecular formula is C13H12ClN3O3. The maximum atomic E-state index is 11.7. The normalized spacial score (nSPS) is 10.1. The Labute approximate surface area is 120 Å². The summed E-state index contributed by atoms with van der Waals surface area (Å²) in [5.41, 5.74) is 0.231. The van der Waals surface area contributed by atoms with Crippen LogP contribution in [0.5, 0.6) is 0 Å². The summed E-state index contributed by atoms with van der Waals surface area (Å²) in [7, 11) is 0. The van der Waals surface area contributed by atoms with Crippen LogP contribution in [0.25, 0.3) is 0 Å². The van der Waals surface area contributed by atoms with Crippen LogP contribution < -0.4 is 10.6 Å². The van der Waals surface area contributed by atoms with Crippen LogP contribution in [0, 0.1) is 0 Å². The SMILES string of the molecule is O=C(NCCNC(=O)c1ccco1)c1cc(Cl)ccn1. The Hall–Kier alpha value is -2.34. The number of furan rings is 1. The molecule has 0 aliphatic heterocycles. The highest BCUT2D eigenvalue weighted by Crippen LogP contribution is 2.07. The van der Waals surface area contributed by atoms with Gasteiger partial charge in [-0.05, 0) is 24.3 Å². The van der Waals surface area contributed by atoms with Gasteiger partial charge in [-0.25, -0.2) is 0 Å². The number of hydrogen-bond donors (Lipinski definition) is 2. The highest BCUT2D eigenvalue weighted by atomic mass is 35.5. The Morgan fingerprint density at radius 3 is 2.60 bits per heavy atom. The van der Waals surface area contributed by atoms with Crippen LogP contribution in [0.4, 0.5) is 0 Å². The molecule has 2 N–H and O–H groups in total. The van der Waals surface area contributed by atoms with Gasteiger partial charge in [0.15, 0.2) is 5.76 Å². The summed E-state index contributed by atoms with van der Waals surface area (Å²) in [4.78, 5) is 27.1. The van der Waals surface area contributed by atoms with E-state index in [1.54, 1.807) is 18.2 Å². The number of amides is 2. The molecule has 0 atom stereocenters. The van der Waals surface area contributed by atoms with Crippen LogP contribution in [0.1, 0.15) is 21.0 Å². The fraction of sp³-hybridized carbons (Fsp3) is 0.154. The first-order valence-corrected chi connectivity index (χ1v) is 6.26. The Bertz CT molecular complexity index is 599. The van der Waals surface area contributed by atoms with Crippen LogP contribution in [0.3, 0.4) is 0 Å². The molecule has 0 spiro atoms. The van der Waals surface area contributed by atoms with Gasteiger partial charge < -0.3 is 15.1 Å². The standard InChI is InChI=1S/C13H12ClN3O3/c14-9-3-4-15-10(8-9)12(18)16-5-6-17-13(19)11-2-1-7-20-11/h1-4,7-8H,5-6H2,(H,16,18)(H,17,19). The predicted octanol–water partition coefficient (Wildman–Crippen LogP) is 1.49. The minimum Gasteiger partial charge on any atom is -0.459 e. The summed E-state index contributed by atoms with van der Waals surface area (Å²) in [5, 5.41) is 5.67. The molecule has 6 nitrogen and oxygen atoms in total. The number of hydrogen-bond acceptors (Lipinski definition) is 4. The molecule has 2 aromatic rings. The molecule has 2 rings (SSSR count). The van der Waals surface area contributed by atoms with Gasteiger partial charge in [-0.2, -0.15) is 0 Å². The minimum atomic E-state index is -0.347. The lowest BCUT2D eigenvalue weighted by Gasteiger charge is -2.05. The second-order valence-corrected chi connectivity index (χ2v) is 4.28. The maximum Gasteiger partial charge on any atom is 0.287 e. The molecule has 0 fully saturated rings. The van der Waals surface area contributed by atoms with Crippen molar-refractivity contribution >= 4 is 23.4 Å². The van der Waals surface area contributed by atoms with Crippen molar-refractivity contribution in [3.63, 3.8) is 0 Å². The van der Waals surface area contributed by atoms with Crippen LogP contribution >= 0.6 is 11.6 Å². The van der Waals surface area contributed by atoms with Crippen LogP contribution in [-0.2, 0) is 0 Å². The third-order valence-corrected chi connectivity index (χ3v) is 2.63. The van der Waals surface area contributed by atoms with Crippen LogP contribution in [-0.4, -0.2) is 29.9 Å². The molecule has 2 amide bonds. The van der Waals surface area contributed by atoms with E-state index in [0.717, 1.165) is 0 Å². The van der Waals surface area contributed by atoms with Crippen molar-refractivity contribution in [2.45, 2.75) is 0 Å². The quantitative estimate of drug-likeness (QED) is 0.818. The number of nitrogens with one attached hydrogen (secondary N) is 2. The van der Waals surface area contributed by atoms with Crippen molar-refractivity contribution in [2.24, 2.45) is 0 Å². The Kier molecular flexibility index (Phi) is 4.73. The lowest BCUT2D eigenvalue weighted by Crippen LogP contribution is -2.34. The van der Waals surface area contributed by atoms with Crippen molar-refractivity contribution in [1.82, 2.24) is 15.6 Å². The van der Waals surface area contributed by atoms with Gasteiger partial charge in [0.25, 0.3) is 11.8 Å². The number of pyridine rings is 1. The molecule has 0 aliphatic rings. The third-order valence-electron chi connectivity index (χ3n) is 2.40. The van der Waals surface area contributed by atoms with E-state index in [9.17, 15) is 9.59 Å². The van der Waals surface area contributed by atoms with E-state index in [0.29, 0.717) is 5.02 Å². The first-order chi connectivity index (χ1) is 9.66. The maximum absolute atomic E-state index is 11.7. The monoisotopic (exact) mass is 293 g/mol. The van der Waals surface area contributed by atoms with Crippen molar-refractivity contribution in [3.05, 3.63) is 53.2 Å². The van der Waals surface area contributed by atoms with Gasteiger partial charge in [-0.3, -0.25) is 14.6 Å².